The number of benzene rings is 2. The van der Waals surface area contributed by atoms with E-state index in [1.165, 1.54) is 0 Å². The summed E-state index contributed by atoms with van der Waals surface area (Å²) >= 11 is 0. The molecule has 2 heterocycles. The van der Waals surface area contributed by atoms with Crippen LogP contribution in [-0.4, -0.2) is 29.4 Å². The van der Waals surface area contributed by atoms with Crippen molar-refractivity contribution in [3.8, 4) is 11.3 Å². The lowest BCUT2D eigenvalue weighted by Gasteiger charge is -2.13. The summed E-state index contributed by atoms with van der Waals surface area (Å²) in [5.41, 5.74) is 5.09. The first-order chi connectivity index (χ1) is 13.1. The highest BCUT2D eigenvalue weighted by atomic mass is 16.1. The van der Waals surface area contributed by atoms with Crippen molar-refractivity contribution < 1.29 is 4.79 Å². The van der Waals surface area contributed by atoms with E-state index in [0.29, 0.717) is 5.56 Å². The standard InChI is InChI=1S/C22H20N4O/c1-25(2)19-10-8-18(9-11-19)23-22(27)17-12-13-26-15-20(24-21(26)14-17)16-6-4-3-5-7-16/h3-15H,1-2H3,(H,23,27). The van der Waals surface area contributed by atoms with Gasteiger partial charge in [-0.1, -0.05) is 30.3 Å². The van der Waals surface area contributed by atoms with Crippen LogP contribution in [0.25, 0.3) is 16.9 Å². The van der Waals surface area contributed by atoms with Crippen molar-refractivity contribution in [1.29, 1.82) is 0 Å². The molecule has 0 bridgehead atoms. The SMILES string of the molecule is CN(C)c1ccc(NC(=O)c2ccn3cc(-c4ccccc4)nc3c2)cc1. The third-order valence-electron chi connectivity index (χ3n) is 4.43. The van der Waals surface area contributed by atoms with E-state index < -0.39 is 0 Å². The van der Waals surface area contributed by atoms with Crippen LogP contribution < -0.4 is 10.2 Å². The summed E-state index contributed by atoms with van der Waals surface area (Å²) in [6.45, 7) is 0. The summed E-state index contributed by atoms with van der Waals surface area (Å²) < 4.78 is 1.92. The van der Waals surface area contributed by atoms with Crippen LogP contribution in [0.3, 0.4) is 0 Å². The Hall–Kier alpha value is -3.60. The Morgan fingerprint density at radius 2 is 1.74 bits per heavy atom. The molecule has 4 rings (SSSR count). The lowest BCUT2D eigenvalue weighted by atomic mass is 10.2. The first kappa shape index (κ1) is 16.8. The van der Waals surface area contributed by atoms with Crippen molar-refractivity contribution in [3.63, 3.8) is 0 Å². The average Bonchev–Trinajstić information content (AvgIpc) is 3.12. The van der Waals surface area contributed by atoms with Gasteiger partial charge in [0.25, 0.3) is 5.91 Å². The second-order valence-corrected chi connectivity index (χ2v) is 6.57. The van der Waals surface area contributed by atoms with Gasteiger partial charge in [0, 0.05) is 49.0 Å². The second kappa shape index (κ2) is 6.96. The Morgan fingerprint density at radius 3 is 2.44 bits per heavy atom. The Balaban J connectivity index is 1.57. The highest BCUT2D eigenvalue weighted by Crippen LogP contribution is 2.20. The first-order valence-corrected chi connectivity index (χ1v) is 8.73. The highest BCUT2D eigenvalue weighted by Gasteiger charge is 2.10. The number of imidazole rings is 1. The smallest absolute Gasteiger partial charge is 0.255 e. The number of hydrogen-bond acceptors (Lipinski definition) is 3. The number of anilines is 2. The average molecular weight is 356 g/mol. The normalized spacial score (nSPS) is 10.7. The van der Waals surface area contributed by atoms with Gasteiger partial charge >= 0.3 is 0 Å². The van der Waals surface area contributed by atoms with E-state index >= 15 is 0 Å². The maximum atomic E-state index is 12.6. The molecule has 0 radical (unpaired) electrons. The lowest BCUT2D eigenvalue weighted by Crippen LogP contribution is -2.13. The molecule has 0 aliphatic rings. The molecule has 5 heteroatoms. The summed E-state index contributed by atoms with van der Waals surface area (Å²) in [4.78, 5) is 19.3. The van der Waals surface area contributed by atoms with Crippen LogP contribution >= 0.6 is 0 Å². The minimum atomic E-state index is -0.153. The van der Waals surface area contributed by atoms with E-state index in [4.69, 9.17) is 0 Å². The van der Waals surface area contributed by atoms with E-state index in [-0.39, 0.29) is 5.91 Å². The Morgan fingerprint density at radius 1 is 1.00 bits per heavy atom. The van der Waals surface area contributed by atoms with Crippen LogP contribution in [-0.2, 0) is 0 Å². The number of fused-ring (bicyclic) bond motifs is 1. The molecule has 4 aromatic rings. The first-order valence-electron chi connectivity index (χ1n) is 8.73. The van der Waals surface area contributed by atoms with Crippen molar-refractivity contribution in [1.82, 2.24) is 9.38 Å². The number of aromatic nitrogens is 2. The summed E-state index contributed by atoms with van der Waals surface area (Å²) in [7, 11) is 3.97. The largest absolute Gasteiger partial charge is 0.378 e. The van der Waals surface area contributed by atoms with Gasteiger partial charge in [0.2, 0.25) is 0 Å². The van der Waals surface area contributed by atoms with E-state index in [2.05, 4.69) is 10.3 Å². The number of nitrogens with zero attached hydrogens (tertiary/aromatic N) is 3. The summed E-state index contributed by atoms with van der Waals surface area (Å²) in [6, 6.07) is 21.3. The zero-order valence-electron chi connectivity index (χ0n) is 15.3. The minimum Gasteiger partial charge on any atom is -0.378 e. The Labute approximate surface area is 157 Å². The molecule has 0 aliphatic heterocycles. The molecule has 1 amide bonds. The van der Waals surface area contributed by atoms with Crippen molar-refractivity contribution in [2.24, 2.45) is 0 Å². The molecular formula is C22H20N4O. The molecule has 0 aliphatic carbocycles. The number of nitrogens with one attached hydrogen (secondary N) is 1. The topological polar surface area (TPSA) is 49.6 Å². The molecule has 5 nitrogen and oxygen atoms in total. The summed E-state index contributed by atoms with van der Waals surface area (Å²) in [6.07, 6.45) is 3.82. The van der Waals surface area contributed by atoms with Gasteiger partial charge in [-0.3, -0.25) is 4.79 Å². The van der Waals surface area contributed by atoms with Gasteiger partial charge < -0.3 is 14.6 Å². The molecule has 0 fully saturated rings. The number of pyridine rings is 1. The fraction of sp³-hybridized carbons (Fsp3) is 0.0909. The molecular weight excluding hydrogens is 336 g/mol. The maximum Gasteiger partial charge on any atom is 0.255 e. The Kier molecular flexibility index (Phi) is 4.34. The molecule has 134 valence electrons. The second-order valence-electron chi connectivity index (χ2n) is 6.57. The third-order valence-corrected chi connectivity index (χ3v) is 4.43. The molecule has 2 aromatic carbocycles. The third kappa shape index (κ3) is 3.53. The molecule has 27 heavy (non-hydrogen) atoms. The zero-order valence-corrected chi connectivity index (χ0v) is 15.3. The van der Waals surface area contributed by atoms with Gasteiger partial charge in [0.15, 0.2) is 0 Å². The van der Waals surface area contributed by atoms with Crippen molar-refractivity contribution in [2.45, 2.75) is 0 Å². The summed E-state index contributed by atoms with van der Waals surface area (Å²) in [5, 5.41) is 2.93. The number of hydrogen-bond donors (Lipinski definition) is 1. The van der Waals surface area contributed by atoms with Crippen molar-refractivity contribution in [2.75, 3.05) is 24.3 Å². The quantitative estimate of drug-likeness (QED) is 0.592. The van der Waals surface area contributed by atoms with Gasteiger partial charge in [0.05, 0.1) is 5.69 Å². The predicted octanol–water partition coefficient (Wildman–Crippen LogP) is 4.32. The van der Waals surface area contributed by atoms with Gasteiger partial charge in [-0.15, -0.1) is 0 Å². The van der Waals surface area contributed by atoms with Crippen molar-refractivity contribution in [3.05, 3.63) is 84.7 Å². The van der Waals surface area contributed by atoms with Crippen molar-refractivity contribution >= 4 is 22.9 Å². The lowest BCUT2D eigenvalue weighted by molar-refractivity contribution is 0.102. The van der Waals surface area contributed by atoms with Crippen LogP contribution in [0.2, 0.25) is 0 Å². The van der Waals surface area contributed by atoms with Crippen LogP contribution in [0.4, 0.5) is 11.4 Å². The fourth-order valence-corrected chi connectivity index (χ4v) is 2.92. The van der Waals surface area contributed by atoms with E-state index in [1.54, 1.807) is 12.1 Å². The number of carbonyl (C=O) groups is 1. The van der Waals surface area contributed by atoms with E-state index in [9.17, 15) is 4.79 Å². The number of rotatable bonds is 4. The number of carbonyl (C=O) groups excluding carboxylic acids is 1. The molecule has 0 unspecified atom stereocenters. The monoisotopic (exact) mass is 356 g/mol. The van der Waals surface area contributed by atoms with Gasteiger partial charge in [-0.05, 0) is 36.4 Å². The predicted molar refractivity (Wildman–Crippen MR) is 109 cm³/mol. The highest BCUT2D eigenvalue weighted by molar-refractivity contribution is 6.04. The van der Waals surface area contributed by atoms with Gasteiger partial charge in [-0.25, -0.2) is 4.98 Å². The zero-order chi connectivity index (χ0) is 18.8. The minimum absolute atomic E-state index is 0.153. The molecule has 0 saturated carbocycles. The maximum absolute atomic E-state index is 12.6. The molecule has 0 spiro atoms. The molecule has 0 saturated heterocycles. The molecule has 1 N–H and O–H groups in total. The van der Waals surface area contributed by atoms with Gasteiger partial charge in [-0.2, -0.15) is 0 Å². The summed E-state index contributed by atoms with van der Waals surface area (Å²) in [5.74, 6) is -0.153. The van der Waals surface area contributed by atoms with Crippen LogP contribution in [0, 0.1) is 0 Å². The fourth-order valence-electron chi connectivity index (χ4n) is 2.92. The Bertz CT molecular complexity index is 1080. The molecule has 0 atom stereocenters. The van der Waals surface area contributed by atoms with Crippen LogP contribution in [0.1, 0.15) is 10.4 Å². The van der Waals surface area contributed by atoms with E-state index in [1.807, 2.05) is 90.4 Å². The van der Waals surface area contributed by atoms with Crippen LogP contribution in [0.15, 0.2) is 79.1 Å². The van der Waals surface area contributed by atoms with E-state index in [0.717, 1.165) is 28.3 Å². The van der Waals surface area contributed by atoms with Gasteiger partial charge in [0.1, 0.15) is 5.65 Å². The molecule has 2 aromatic heterocycles. The van der Waals surface area contributed by atoms with Crippen LogP contribution in [0.5, 0.6) is 0 Å². The number of amides is 1.